The Kier molecular flexibility index (Phi) is 3.50. The Hall–Kier alpha value is -2.45. The number of rotatable bonds is 2. The van der Waals surface area contributed by atoms with Crippen LogP contribution in [-0.4, -0.2) is 32.1 Å². The smallest absolute Gasteiger partial charge is 0.282 e. The predicted octanol–water partition coefficient (Wildman–Crippen LogP) is 1.93. The van der Waals surface area contributed by atoms with Crippen LogP contribution < -0.4 is 5.73 Å². The first-order valence-electron chi connectivity index (χ1n) is 7.96. The monoisotopic (exact) mass is 337 g/mol. The number of hydrogen-bond acceptors (Lipinski definition) is 5. The molecule has 0 unspecified atom stereocenters. The molecule has 0 radical (unpaired) electrons. The number of nitrogens with zero attached hydrogens (tertiary/aromatic N) is 4. The van der Waals surface area contributed by atoms with Crippen LogP contribution in [0.2, 0.25) is 0 Å². The van der Waals surface area contributed by atoms with E-state index in [0.29, 0.717) is 37.3 Å². The lowest BCUT2D eigenvalue weighted by Crippen LogP contribution is -2.38. The molecule has 2 aliphatic heterocycles. The maximum Gasteiger partial charge on any atom is 0.282 e. The lowest BCUT2D eigenvalue weighted by atomic mass is 10.1. The molecule has 0 saturated heterocycles. The summed E-state index contributed by atoms with van der Waals surface area (Å²) in [4.78, 5) is 18.5. The van der Waals surface area contributed by atoms with Crippen molar-refractivity contribution in [2.75, 3.05) is 12.3 Å². The quantitative estimate of drug-likeness (QED) is 0.904. The zero-order valence-electron chi connectivity index (χ0n) is 13.0. The fourth-order valence-corrected chi connectivity index (χ4v) is 3.44. The summed E-state index contributed by atoms with van der Waals surface area (Å²) in [6, 6.07) is 0. The van der Waals surface area contributed by atoms with Gasteiger partial charge in [0.1, 0.15) is 17.2 Å². The number of halogens is 2. The molecule has 2 aromatic heterocycles. The van der Waals surface area contributed by atoms with E-state index in [9.17, 15) is 13.6 Å². The van der Waals surface area contributed by atoms with E-state index in [2.05, 4.69) is 10.1 Å². The van der Waals surface area contributed by atoms with Crippen LogP contribution in [0.4, 0.5) is 14.7 Å². The third kappa shape index (κ3) is 2.26. The summed E-state index contributed by atoms with van der Waals surface area (Å²) in [6.07, 6.45) is 0.0953. The second-order valence-electron chi connectivity index (χ2n) is 6.12. The number of anilines is 1. The van der Waals surface area contributed by atoms with E-state index in [1.54, 1.807) is 4.57 Å². The van der Waals surface area contributed by atoms with Crippen LogP contribution in [-0.2, 0) is 25.9 Å². The van der Waals surface area contributed by atoms with Gasteiger partial charge in [0.15, 0.2) is 0 Å². The van der Waals surface area contributed by atoms with Crippen LogP contribution in [0.1, 0.15) is 52.5 Å². The summed E-state index contributed by atoms with van der Waals surface area (Å²) in [5.74, 6) is 0.311. The lowest BCUT2D eigenvalue weighted by Gasteiger charge is -2.27. The number of aryl methyl sites for hydroxylation is 1. The molecule has 7 nitrogen and oxygen atoms in total. The van der Waals surface area contributed by atoms with E-state index in [0.717, 1.165) is 18.5 Å². The molecule has 0 atom stereocenters. The van der Waals surface area contributed by atoms with Crippen molar-refractivity contribution in [1.29, 1.82) is 0 Å². The molecular weight excluding hydrogens is 320 g/mol. The molecule has 2 aromatic rings. The van der Waals surface area contributed by atoms with Crippen LogP contribution in [0.3, 0.4) is 0 Å². The number of nitrogen functional groups attached to an aromatic ring is 1. The number of carbonyl (C=O) groups excluding carboxylic acids is 1. The van der Waals surface area contributed by atoms with Gasteiger partial charge in [-0.3, -0.25) is 4.79 Å². The molecule has 0 saturated carbocycles. The first kappa shape index (κ1) is 15.1. The van der Waals surface area contributed by atoms with Gasteiger partial charge in [0.25, 0.3) is 12.3 Å². The van der Waals surface area contributed by atoms with Crippen molar-refractivity contribution in [3.63, 3.8) is 0 Å². The van der Waals surface area contributed by atoms with Gasteiger partial charge in [0.05, 0.1) is 17.8 Å². The molecule has 0 spiro atoms. The number of hydrogen-bond donors (Lipinski definition) is 1. The number of carbonyl (C=O) groups is 1. The van der Waals surface area contributed by atoms with E-state index >= 15 is 0 Å². The van der Waals surface area contributed by atoms with E-state index < -0.39 is 18.0 Å². The summed E-state index contributed by atoms with van der Waals surface area (Å²) in [5, 5.41) is 3.85. The Morgan fingerprint density at radius 1 is 1.25 bits per heavy atom. The fourth-order valence-electron chi connectivity index (χ4n) is 3.44. The Morgan fingerprint density at radius 3 is 2.88 bits per heavy atom. The highest BCUT2D eigenvalue weighted by molar-refractivity contribution is 5.94. The van der Waals surface area contributed by atoms with Gasteiger partial charge >= 0.3 is 0 Å². The normalized spacial score (nSPS) is 17.0. The van der Waals surface area contributed by atoms with Crippen molar-refractivity contribution >= 4 is 11.8 Å². The molecule has 0 aromatic carbocycles. The van der Waals surface area contributed by atoms with Gasteiger partial charge in [-0.05, 0) is 12.8 Å². The second-order valence-corrected chi connectivity index (χ2v) is 6.12. The number of aromatic nitrogens is 3. The highest BCUT2D eigenvalue weighted by Crippen LogP contribution is 2.30. The predicted molar refractivity (Wildman–Crippen MR) is 79.5 cm³/mol. The Morgan fingerprint density at radius 2 is 2.08 bits per heavy atom. The summed E-state index contributed by atoms with van der Waals surface area (Å²) < 4.78 is 33.4. The minimum atomic E-state index is -2.77. The number of fused-ring (bicyclic) bond motifs is 2. The zero-order chi connectivity index (χ0) is 16.8. The molecule has 4 heterocycles. The van der Waals surface area contributed by atoms with Crippen molar-refractivity contribution < 1.29 is 18.1 Å². The van der Waals surface area contributed by atoms with Crippen LogP contribution in [0.15, 0.2) is 4.52 Å². The Balaban J connectivity index is 1.70. The maximum atomic E-state index is 13.4. The number of nitrogens with two attached hydrogens (primary N) is 1. The average Bonchev–Trinajstić information content (AvgIpc) is 3.15. The van der Waals surface area contributed by atoms with Crippen molar-refractivity contribution in [2.24, 2.45) is 0 Å². The van der Waals surface area contributed by atoms with E-state index in [1.165, 1.54) is 4.90 Å². The molecule has 4 rings (SSSR count). The van der Waals surface area contributed by atoms with Gasteiger partial charge in [0, 0.05) is 25.9 Å². The molecule has 128 valence electrons. The average molecular weight is 337 g/mol. The van der Waals surface area contributed by atoms with Gasteiger partial charge in [-0.1, -0.05) is 5.16 Å². The summed E-state index contributed by atoms with van der Waals surface area (Å²) in [7, 11) is 0. The van der Waals surface area contributed by atoms with Gasteiger partial charge < -0.3 is 19.7 Å². The highest BCUT2D eigenvalue weighted by Gasteiger charge is 2.34. The first-order chi connectivity index (χ1) is 11.6. The maximum absolute atomic E-state index is 13.4. The summed E-state index contributed by atoms with van der Waals surface area (Å²) in [6.45, 7) is 1.15. The lowest BCUT2D eigenvalue weighted by molar-refractivity contribution is 0.0709. The molecule has 0 aliphatic carbocycles. The van der Waals surface area contributed by atoms with E-state index in [4.69, 9.17) is 10.3 Å². The van der Waals surface area contributed by atoms with Crippen LogP contribution >= 0.6 is 0 Å². The van der Waals surface area contributed by atoms with Crippen LogP contribution in [0, 0.1) is 0 Å². The van der Waals surface area contributed by atoms with Crippen LogP contribution in [0.25, 0.3) is 0 Å². The number of imidazole rings is 1. The Bertz CT molecular complexity index is 798. The van der Waals surface area contributed by atoms with Crippen molar-refractivity contribution in [1.82, 2.24) is 19.6 Å². The molecule has 24 heavy (non-hydrogen) atoms. The van der Waals surface area contributed by atoms with Gasteiger partial charge in [0.2, 0.25) is 5.88 Å². The summed E-state index contributed by atoms with van der Waals surface area (Å²) >= 11 is 0. The number of amides is 1. The minimum absolute atomic E-state index is 0.0122. The third-order valence-electron chi connectivity index (χ3n) is 4.67. The van der Waals surface area contributed by atoms with Gasteiger partial charge in [-0.2, -0.15) is 0 Å². The Labute approximate surface area is 136 Å². The van der Waals surface area contributed by atoms with E-state index in [1.807, 2.05) is 0 Å². The molecule has 2 aliphatic rings. The fraction of sp³-hybridized carbons (Fsp3) is 0.533. The molecule has 2 N–H and O–H groups in total. The molecule has 0 fully saturated rings. The largest absolute Gasteiger partial charge is 0.367 e. The van der Waals surface area contributed by atoms with Gasteiger partial charge in [-0.25, -0.2) is 13.8 Å². The molecule has 9 heteroatoms. The van der Waals surface area contributed by atoms with Crippen LogP contribution in [0.5, 0.6) is 0 Å². The van der Waals surface area contributed by atoms with Crippen molar-refractivity contribution in [3.8, 4) is 0 Å². The van der Waals surface area contributed by atoms with Crippen molar-refractivity contribution in [2.45, 2.75) is 45.2 Å². The molecule has 0 bridgehead atoms. The SMILES string of the molecule is Nc1onc2c1CN(C(=O)c1c(C(F)F)nc3n1CCCC3)CC2. The first-order valence-corrected chi connectivity index (χ1v) is 7.96. The van der Waals surface area contributed by atoms with Crippen molar-refractivity contribution in [3.05, 3.63) is 28.5 Å². The molecular formula is C15H17F2N5O2. The zero-order valence-corrected chi connectivity index (χ0v) is 13.0. The third-order valence-corrected chi connectivity index (χ3v) is 4.67. The standard InChI is InChI=1S/C15H17F2N5O2/c16-13(17)11-12(22-5-2-1-3-10(22)19-11)15(23)21-6-4-9-8(7-21)14(18)24-20-9/h13H,1-7,18H2. The molecule has 1 amide bonds. The topological polar surface area (TPSA) is 90.2 Å². The highest BCUT2D eigenvalue weighted by atomic mass is 19.3. The number of alkyl halides is 2. The summed E-state index contributed by atoms with van der Waals surface area (Å²) in [5.41, 5.74) is 6.71. The minimum Gasteiger partial charge on any atom is -0.367 e. The van der Waals surface area contributed by atoms with E-state index in [-0.39, 0.29) is 18.1 Å². The van der Waals surface area contributed by atoms with Gasteiger partial charge in [-0.15, -0.1) is 0 Å². The second kappa shape index (κ2) is 5.57.